The largest absolute Gasteiger partial charge is 0.389 e. The van der Waals surface area contributed by atoms with Crippen molar-refractivity contribution < 1.29 is 9.90 Å². The van der Waals surface area contributed by atoms with Crippen molar-refractivity contribution in [3.63, 3.8) is 0 Å². The first-order valence-electron chi connectivity index (χ1n) is 7.43. The Kier molecular flexibility index (Phi) is 5.49. The molecule has 0 saturated heterocycles. The molecule has 124 valence electrons. The molecule has 0 unspecified atom stereocenters. The van der Waals surface area contributed by atoms with Gasteiger partial charge in [0.1, 0.15) is 0 Å². The van der Waals surface area contributed by atoms with E-state index in [-0.39, 0.29) is 12.5 Å². The summed E-state index contributed by atoms with van der Waals surface area (Å²) in [5, 5.41) is 10.8. The van der Waals surface area contributed by atoms with E-state index in [4.69, 9.17) is 0 Å². The highest BCUT2D eigenvalue weighted by Crippen LogP contribution is 2.21. The van der Waals surface area contributed by atoms with Gasteiger partial charge in [-0.2, -0.15) is 0 Å². The molecule has 1 amide bonds. The lowest BCUT2D eigenvalue weighted by atomic mass is 10.1. The molecule has 0 atom stereocenters. The van der Waals surface area contributed by atoms with Gasteiger partial charge in [-0.05, 0) is 31.5 Å². The molecule has 2 rings (SSSR count). The number of amides is 1. The molecule has 23 heavy (non-hydrogen) atoms. The Bertz CT molecular complexity index is 676. The Morgan fingerprint density at radius 3 is 2.78 bits per heavy atom. The van der Waals surface area contributed by atoms with Gasteiger partial charge < -0.3 is 14.6 Å². The second-order valence-electron chi connectivity index (χ2n) is 6.28. The number of carbonyl (C=O) groups is 1. The summed E-state index contributed by atoms with van der Waals surface area (Å²) < 4.78 is 1.97. The van der Waals surface area contributed by atoms with Gasteiger partial charge in [-0.3, -0.25) is 4.79 Å². The lowest BCUT2D eigenvalue weighted by Crippen LogP contribution is -2.39. The van der Waals surface area contributed by atoms with Crippen LogP contribution in [0.25, 0.3) is 0 Å². The average Bonchev–Trinajstić information content (AvgIpc) is 2.88. The summed E-state index contributed by atoms with van der Waals surface area (Å²) in [4.78, 5) is 18.3. The minimum Gasteiger partial charge on any atom is -0.389 e. The standard InChI is InChI=1S/C17H23N3O2S/c1-17(2,22)12-20(4)15(21)14-7-5-6-13(10-14)11-23-16-18-8-9-19(16)3/h5-10,22H,11-12H2,1-4H3. The number of aryl methyl sites for hydroxylation is 1. The third kappa shape index (κ3) is 5.11. The second-order valence-corrected chi connectivity index (χ2v) is 7.23. The lowest BCUT2D eigenvalue weighted by molar-refractivity contribution is 0.0368. The molecule has 1 aromatic heterocycles. The number of likely N-dealkylation sites (N-methyl/N-ethyl adjacent to an activating group) is 1. The van der Waals surface area contributed by atoms with E-state index in [1.807, 2.05) is 36.0 Å². The minimum absolute atomic E-state index is 0.0871. The van der Waals surface area contributed by atoms with E-state index in [1.165, 1.54) is 0 Å². The minimum atomic E-state index is -0.907. The quantitative estimate of drug-likeness (QED) is 0.826. The fourth-order valence-electron chi connectivity index (χ4n) is 2.31. The molecular weight excluding hydrogens is 310 g/mol. The zero-order valence-electron chi connectivity index (χ0n) is 14.0. The van der Waals surface area contributed by atoms with E-state index in [1.54, 1.807) is 49.8 Å². The third-order valence-corrected chi connectivity index (χ3v) is 4.42. The van der Waals surface area contributed by atoms with Gasteiger partial charge in [0, 0.05) is 44.4 Å². The summed E-state index contributed by atoms with van der Waals surface area (Å²) in [5.74, 6) is 0.664. The van der Waals surface area contributed by atoms with Crippen LogP contribution in [0, 0.1) is 0 Å². The van der Waals surface area contributed by atoms with Crippen LogP contribution < -0.4 is 0 Å². The Hall–Kier alpha value is -1.79. The molecule has 6 heteroatoms. The van der Waals surface area contributed by atoms with Crippen LogP contribution in [0.1, 0.15) is 29.8 Å². The van der Waals surface area contributed by atoms with Crippen LogP contribution in [0.5, 0.6) is 0 Å². The highest BCUT2D eigenvalue weighted by Gasteiger charge is 2.20. The molecule has 0 radical (unpaired) electrons. The fourth-order valence-corrected chi connectivity index (χ4v) is 3.18. The topological polar surface area (TPSA) is 58.4 Å². The normalized spacial score (nSPS) is 11.5. The van der Waals surface area contributed by atoms with Crippen molar-refractivity contribution >= 4 is 17.7 Å². The second kappa shape index (κ2) is 7.19. The van der Waals surface area contributed by atoms with Crippen LogP contribution >= 0.6 is 11.8 Å². The molecule has 0 fully saturated rings. The van der Waals surface area contributed by atoms with E-state index in [0.29, 0.717) is 5.56 Å². The first kappa shape index (κ1) is 17.6. The van der Waals surface area contributed by atoms with E-state index in [9.17, 15) is 9.90 Å². The first-order chi connectivity index (χ1) is 10.8. The molecule has 1 heterocycles. The Balaban J connectivity index is 2.04. The summed E-state index contributed by atoms with van der Waals surface area (Å²) >= 11 is 1.63. The molecule has 2 aromatic rings. The Labute approximate surface area is 141 Å². The number of carbonyl (C=O) groups excluding carboxylic acids is 1. The van der Waals surface area contributed by atoms with Gasteiger partial charge >= 0.3 is 0 Å². The van der Waals surface area contributed by atoms with Crippen molar-refractivity contribution in [2.24, 2.45) is 7.05 Å². The predicted octanol–water partition coefficient (Wildman–Crippen LogP) is 2.56. The summed E-state index contributed by atoms with van der Waals surface area (Å²) in [5.41, 5.74) is 0.797. The van der Waals surface area contributed by atoms with Crippen molar-refractivity contribution in [2.45, 2.75) is 30.4 Å². The van der Waals surface area contributed by atoms with E-state index >= 15 is 0 Å². The number of aliphatic hydroxyl groups is 1. The zero-order chi connectivity index (χ0) is 17.0. The molecular formula is C17H23N3O2S. The van der Waals surface area contributed by atoms with Gasteiger partial charge in [0.25, 0.3) is 5.91 Å². The molecule has 5 nitrogen and oxygen atoms in total. The summed E-state index contributed by atoms with van der Waals surface area (Å²) in [6.07, 6.45) is 3.68. The van der Waals surface area contributed by atoms with E-state index in [0.717, 1.165) is 16.5 Å². The maximum absolute atomic E-state index is 12.5. The molecule has 0 saturated carbocycles. The van der Waals surface area contributed by atoms with Gasteiger partial charge in [-0.15, -0.1) is 0 Å². The van der Waals surface area contributed by atoms with Crippen LogP contribution in [0.3, 0.4) is 0 Å². The highest BCUT2D eigenvalue weighted by molar-refractivity contribution is 7.98. The van der Waals surface area contributed by atoms with Crippen molar-refractivity contribution in [1.29, 1.82) is 0 Å². The molecule has 0 aliphatic carbocycles. The van der Waals surface area contributed by atoms with Crippen LogP contribution in [-0.2, 0) is 12.8 Å². The monoisotopic (exact) mass is 333 g/mol. The van der Waals surface area contributed by atoms with Crippen LogP contribution in [0.2, 0.25) is 0 Å². The van der Waals surface area contributed by atoms with Crippen molar-refractivity contribution in [3.8, 4) is 0 Å². The highest BCUT2D eigenvalue weighted by atomic mass is 32.2. The fraction of sp³-hybridized carbons (Fsp3) is 0.412. The molecule has 1 N–H and O–H groups in total. The number of hydrogen-bond acceptors (Lipinski definition) is 4. The number of rotatable bonds is 6. The molecule has 0 aliphatic rings. The summed E-state index contributed by atoms with van der Waals surface area (Å²) in [6.45, 7) is 3.67. The Morgan fingerprint density at radius 2 is 2.17 bits per heavy atom. The third-order valence-electron chi connectivity index (χ3n) is 3.29. The Morgan fingerprint density at radius 1 is 1.43 bits per heavy atom. The lowest BCUT2D eigenvalue weighted by Gasteiger charge is -2.25. The van der Waals surface area contributed by atoms with Crippen LogP contribution in [-0.4, -0.2) is 44.7 Å². The van der Waals surface area contributed by atoms with Gasteiger partial charge in [0.15, 0.2) is 5.16 Å². The summed E-state index contributed by atoms with van der Waals surface area (Å²) in [7, 11) is 3.66. The van der Waals surface area contributed by atoms with Crippen molar-refractivity contribution in [3.05, 3.63) is 47.8 Å². The van der Waals surface area contributed by atoms with Gasteiger partial charge in [0.2, 0.25) is 0 Å². The van der Waals surface area contributed by atoms with Gasteiger partial charge in [-0.25, -0.2) is 4.98 Å². The molecule has 1 aromatic carbocycles. The zero-order valence-corrected chi connectivity index (χ0v) is 14.8. The van der Waals surface area contributed by atoms with Gasteiger partial charge in [0.05, 0.1) is 5.60 Å². The molecule has 0 aliphatic heterocycles. The number of imidazole rings is 1. The van der Waals surface area contributed by atoms with Gasteiger partial charge in [-0.1, -0.05) is 23.9 Å². The summed E-state index contributed by atoms with van der Waals surface area (Å²) in [6, 6.07) is 7.60. The number of thioether (sulfide) groups is 1. The van der Waals surface area contributed by atoms with Crippen molar-refractivity contribution in [2.75, 3.05) is 13.6 Å². The average molecular weight is 333 g/mol. The molecule has 0 spiro atoms. The number of benzene rings is 1. The van der Waals surface area contributed by atoms with Crippen LogP contribution in [0.4, 0.5) is 0 Å². The number of hydrogen-bond donors (Lipinski definition) is 1. The van der Waals surface area contributed by atoms with E-state index < -0.39 is 5.60 Å². The maximum atomic E-state index is 12.5. The maximum Gasteiger partial charge on any atom is 0.253 e. The smallest absolute Gasteiger partial charge is 0.253 e. The first-order valence-corrected chi connectivity index (χ1v) is 8.42. The number of aromatic nitrogens is 2. The van der Waals surface area contributed by atoms with E-state index in [2.05, 4.69) is 4.98 Å². The SMILES string of the molecule is CN(CC(C)(C)O)C(=O)c1cccc(CSc2nccn2C)c1. The predicted molar refractivity (Wildman–Crippen MR) is 92.5 cm³/mol. The van der Waals surface area contributed by atoms with Crippen molar-refractivity contribution in [1.82, 2.24) is 14.5 Å². The molecule has 0 bridgehead atoms. The number of nitrogens with zero attached hydrogens (tertiary/aromatic N) is 3. The van der Waals surface area contributed by atoms with Crippen LogP contribution in [0.15, 0.2) is 41.8 Å².